The molecule has 0 radical (unpaired) electrons. The molecule has 0 spiro atoms. The van der Waals surface area contributed by atoms with Gasteiger partial charge in [0.2, 0.25) is 15.9 Å². The number of rotatable bonds is 7. The molecule has 0 aliphatic carbocycles. The molecule has 1 aliphatic heterocycles. The van der Waals surface area contributed by atoms with Crippen molar-refractivity contribution in [2.75, 3.05) is 48.2 Å². The Morgan fingerprint density at radius 3 is 2.29 bits per heavy atom. The molecule has 2 aromatic rings. The summed E-state index contributed by atoms with van der Waals surface area (Å²) in [6, 6.07) is 13.0. The molecule has 6 nitrogen and oxygen atoms in total. The zero-order chi connectivity index (χ0) is 22.6. The summed E-state index contributed by atoms with van der Waals surface area (Å²) in [5, 5.41) is 0.548. The van der Waals surface area contributed by atoms with Crippen molar-refractivity contribution in [3.63, 3.8) is 0 Å². The third kappa shape index (κ3) is 5.92. The van der Waals surface area contributed by atoms with Gasteiger partial charge in [0, 0.05) is 49.9 Å². The van der Waals surface area contributed by atoms with Crippen LogP contribution in [0.4, 0.5) is 11.4 Å². The molecular weight excluding hydrogens is 434 g/mol. The topological polar surface area (TPSA) is 60.9 Å². The van der Waals surface area contributed by atoms with Crippen LogP contribution in [0.1, 0.15) is 24.0 Å². The minimum atomic E-state index is -3.44. The summed E-state index contributed by atoms with van der Waals surface area (Å²) in [7, 11) is -3.44. The first-order chi connectivity index (χ1) is 14.7. The van der Waals surface area contributed by atoms with Gasteiger partial charge in [-0.1, -0.05) is 23.7 Å². The van der Waals surface area contributed by atoms with Gasteiger partial charge in [0.15, 0.2) is 0 Å². The Bertz CT molecular complexity index is 1020. The van der Waals surface area contributed by atoms with E-state index in [9.17, 15) is 13.2 Å². The molecule has 8 heteroatoms. The summed E-state index contributed by atoms with van der Waals surface area (Å²) < 4.78 is 25.7. The van der Waals surface area contributed by atoms with Gasteiger partial charge in [-0.3, -0.25) is 9.10 Å². The van der Waals surface area contributed by atoms with E-state index in [1.165, 1.54) is 27.4 Å². The van der Waals surface area contributed by atoms with Gasteiger partial charge in [0.05, 0.1) is 11.9 Å². The van der Waals surface area contributed by atoms with Crippen LogP contribution < -0.4 is 9.21 Å². The highest BCUT2D eigenvalue weighted by atomic mass is 35.5. The molecule has 2 aromatic carbocycles. The molecule has 1 heterocycles. The molecule has 3 rings (SSSR count). The van der Waals surface area contributed by atoms with Crippen LogP contribution in [0.25, 0.3) is 0 Å². The lowest BCUT2D eigenvalue weighted by atomic mass is 10.1. The fraction of sp³-hybridized carbons (Fsp3) is 0.435. The van der Waals surface area contributed by atoms with E-state index in [0.717, 1.165) is 13.1 Å². The fourth-order valence-corrected chi connectivity index (χ4v) is 4.99. The van der Waals surface area contributed by atoms with Crippen molar-refractivity contribution in [2.45, 2.75) is 26.7 Å². The number of anilines is 2. The van der Waals surface area contributed by atoms with E-state index >= 15 is 0 Å². The standard InChI is InChI=1S/C23H30ClN3O3S/c1-18-6-4-7-22(19(18)2)25-14-16-26(17-15-25)23(28)8-5-13-27(31(3,29)30)21-11-9-20(24)10-12-21/h4,6-7,9-12H,5,8,13-17H2,1-3H3. The van der Waals surface area contributed by atoms with E-state index in [-0.39, 0.29) is 12.5 Å². The minimum Gasteiger partial charge on any atom is -0.368 e. The van der Waals surface area contributed by atoms with Crippen LogP contribution in [-0.4, -0.2) is 58.2 Å². The van der Waals surface area contributed by atoms with E-state index in [2.05, 4.69) is 36.9 Å². The second-order valence-electron chi connectivity index (χ2n) is 8.00. The molecule has 0 atom stereocenters. The second-order valence-corrected chi connectivity index (χ2v) is 10.3. The van der Waals surface area contributed by atoms with Crippen molar-refractivity contribution in [3.8, 4) is 0 Å². The SMILES string of the molecule is Cc1cccc(N2CCN(C(=O)CCCN(c3ccc(Cl)cc3)S(C)(=O)=O)CC2)c1C. The minimum absolute atomic E-state index is 0.0742. The van der Waals surface area contributed by atoms with Gasteiger partial charge in [-0.05, 0) is 61.7 Å². The first kappa shape index (κ1) is 23.4. The lowest BCUT2D eigenvalue weighted by Crippen LogP contribution is -2.49. The fourth-order valence-electron chi connectivity index (χ4n) is 3.90. The summed E-state index contributed by atoms with van der Waals surface area (Å²) in [5.74, 6) is 0.0742. The maximum Gasteiger partial charge on any atom is 0.232 e. The molecule has 31 heavy (non-hydrogen) atoms. The molecule has 0 bridgehead atoms. The largest absolute Gasteiger partial charge is 0.368 e. The highest BCUT2D eigenvalue weighted by molar-refractivity contribution is 7.92. The second kappa shape index (κ2) is 9.92. The Labute approximate surface area is 190 Å². The molecular formula is C23H30ClN3O3S. The van der Waals surface area contributed by atoms with Crippen molar-refractivity contribution < 1.29 is 13.2 Å². The van der Waals surface area contributed by atoms with Gasteiger partial charge in [-0.25, -0.2) is 8.42 Å². The van der Waals surface area contributed by atoms with Gasteiger partial charge in [0.1, 0.15) is 0 Å². The van der Waals surface area contributed by atoms with E-state index in [1.54, 1.807) is 24.3 Å². The third-order valence-electron chi connectivity index (χ3n) is 5.82. The quantitative estimate of drug-likeness (QED) is 0.625. The number of amides is 1. The Kier molecular flexibility index (Phi) is 7.49. The van der Waals surface area contributed by atoms with E-state index in [1.807, 2.05) is 4.90 Å². The Morgan fingerprint density at radius 2 is 1.68 bits per heavy atom. The van der Waals surface area contributed by atoms with Gasteiger partial charge >= 0.3 is 0 Å². The average molecular weight is 464 g/mol. The van der Waals surface area contributed by atoms with Crippen molar-refractivity contribution >= 4 is 38.9 Å². The smallest absolute Gasteiger partial charge is 0.232 e. The van der Waals surface area contributed by atoms with Crippen molar-refractivity contribution in [1.29, 1.82) is 0 Å². The van der Waals surface area contributed by atoms with Gasteiger partial charge in [-0.2, -0.15) is 0 Å². The van der Waals surface area contributed by atoms with Crippen LogP contribution >= 0.6 is 11.6 Å². The van der Waals surface area contributed by atoms with E-state index in [4.69, 9.17) is 11.6 Å². The molecule has 0 saturated carbocycles. The highest BCUT2D eigenvalue weighted by Crippen LogP contribution is 2.24. The summed E-state index contributed by atoms with van der Waals surface area (Å²) in [4.78, 5) is 16.9. The Hall–Kier alpha value is -2.25. The molecule has 0 unspecified atom stereocenters. The number of sulfonamides is 1. The molecule has 1 saturated heterocycles. The number of halogens is 1. The molecule has 1 amide bonds. The monoisotopic (exact) mass is 463 g/mol. The number of benzene rings is 2. The summed E-state index contributed by atoms with van der Waals surface area (Å²) in [6.07, 6.45) is 1.96. The molecule has 0 aromatic heterocycles. The lowest BCUT2D eigenvalue weighted by molar-refractivity contribution is -0.131. The molecule has 1 fully saturated rings. The van der Waals surface area contributed by atoms with E-state index < -0.39 is 10.0 Å². The first-order valence-electron chi connectivity index (χ1n) is 10.5. The predicted molar refractivity (Wildman–Crippen MR) is 128 cm³/mol. The zero-order valence-corrected chi connectivity index (χ0v) is 19.9. The molecule has 0 N–H and O–H groups in total. The number of nitrogens with zero attached hydrogens (tertiary/aromatic N) is 3. The number of aryl methyl sites for hydroxylation is 1. The van der Waals surface area contributed by atoms with Crippen LogP contribution in [-0.2, 0) is 14.8 Å². The highest BCUT2D eigenvalue weighted by Gasteiger charge is 2.23. The lowest BCUT2D eigenvalue weighted by Gasteiger charge is -2.37. The van der Waals surface area contributed by atoms with Gasteiger partial charge in [-0.15, -0.1) is 0 Å². The number of carbonyl (C=O) groups is 1. The van der Waals surface area contributed by atoms with Gasteiger partial charge in [0.25, 0.3) is 0 Å². The number of carbonyl (C=O) groups excluding carboxylic acids is 1. The van der Waals surface area contributed by atoms with Crippen LogP contribution in [0.3, 0.4) is 0 Å². The number of hydrogen-bond donors (Lipinski definition) is 0. The van der Waals surface area contributed by atoms with Crippen LogP contribution in [0.15, 0.2) is 42.5 Å². The Morgan fingerprint density at radius 1 is 1.03 bits per heavy atom. The predicted octanol–water partition coefficient (Wildman–Crippen LogP) is 3.85. The normalized spacial score (nSPS) is 14.6. The van der Waals surface area contributed by atoms with E-state index in [0.29, 0.717) is 36.6 Å². The van der Waals surface area contributed by atoms with Crippen LogP contribution in [0, 0.1) is 13.8 Å². The maximum absolute atomic E-state index is 12.7. The first-order valence-corrected chi connectivity index (χ1v) is 12.7. The van der Waals surface area contributed by atoms with Crippen molar-refractivity contribution in [2.24, 2.45) is 0 Å². The number of hydrogen-bond acceptors (Lipinski definition) is 4. The Balaban J connectivity index is 1.53. The van der Waals surface area contributed by atoms with Crippen molar-refractivity contribution in [1.82, 2.24) is 4.90 Å². The summed E-state index contributed by atoms with van der Waals surface area (Å²) in [6.45, 7) is 7.47. The summed E-state index contributed by atoms with van der Waals surface area (Å²) in [5.41, 5.74) is 4.35. The van der Waals surface area contributed by atoms with Gasteiger partial charge < -0.3 is 9.80 Å². The summed E-state index contributed by atoms with van der Waals surface area (Å²) >= 11 is 5.91. The molecule has 1 aliphatic rings. The maximum atomic E-state index is 12.7. The average Bonchev–Trinajstić information content (AvgIpc) is 2.73. The number of piperazine rings is 1. The van der Waals surface area contributed by atoms with Crippen LogP contribution in [0.2, 0.25) is 5.02 Å². The molecule has 168 valence electrons. The third-order valence-corrected chi connectivity index (χ3v) is 7.26. The zero-order valence-electron chi connectivity index (χ0n) is 18.3. The van der Waals surface area contributed by atoms with Crippen LogP contribution in [0.5, 0.6) is 0 Å². The van der Waals surface area contributed by atoms with Crippen molar-refractivity contribution in [3.05, 3.63) is 58.6 Å².